The lowest BCUT2D eigenvalue weighted by atomic mass is 9.71. The van der Waals surface area contributed by atoms with E-state index in [1.807, 2.05) is 44.4 Å². The molecular weight excluding hydrogens is 354 g/mol. The second-order valence-corrected chi connectivity index (χ2v) is 10.5. The van der Waals surface area contributed by atoms with Crippen LogP contribution in [0.5, 0.6) is 0 Å². The van der Waals surface area contributed by atoms with Gasteiger partial charge in [0.05, 0.1) is 5.41 Å². The molecule has 1 fully saturated rings. The van der Waals surface area contributed by atoms with Gasteiger partial charge in [-0.05, 0) is 55.4 Å². The van der Waals surface area contributed by atoms with Crippen LogP contribution in [0.15, 0.2) is 29.2 Å². The van der Waals surface area contributed by atoms with Crippen LogP contribution in [0.25, 0.3) is 0 Å². The van der Waals surface area contributed by atoms with Crippen molar-refractivity contribution in [3.8, 4) is 0 Å². The molecule has 27 heavy (non-hydrogen) atoms. The van der Waals surface area contributed by atoms with E-state index in [4.69, 9.17) is 0 Å². The first kappa shape index (κ1) is 22.0. The van der Waals surface area contributed by atoms with Crippen LogP contribution in [0.3, 0.4) is 0 Å². The first-order valence-corrected chi connectivity index (χ1v) is 11.2. The van der Waals surface area contributed by atoms with E-state index >= 15 is 0 Å². The largest absolute Gasteiger partial charge is 0.353 e. The molecule has 1 saturated carbocycles. The Morgan fingerprint density at radius 3 is 2.04 bits per heavy atom. The summed E-state index contributed by atoms with van der Waals surface area (Å²) in [6.45, 7) is 10.7. The monoisotopic (exact) mass is 389 g/mol. The van der Waals surface area contributed by atoms with E-state index < -0.39 is 5.41 Å². The number of amides is 1. The van der Waals surface area contributed by atoms with E-state index in [1.54, 1.807) is 11.8 Å². The highest BCUT2D eigenvalue weighted by molar-refractivity contribution is 7.98. The van der Waals surface area contributed by atoms with Crippen molar-refractivity contribution in [1.29, 1.82) is 0 Å². The molecule has 3 nitrogen and oxygen atoms in total. The molecular formula is C23H35NO2S. The Bertz CT molecular complexity index is 650. The number of hydrogen-bond acceptors (Lipinski definition) is 3. The van der Waals surface area contributed by atoms with E-state index in [-0.39, 0.29) is 24.2 Å². The summed E-state index contributed by atoms with van der Waals surface area (Å²) < 4.78 is 0. The molecule has 1 aromatic carbocycles. The van der Waals surface area contributed by atoms with Crippen molar-refractivity contribution in [1.82, 2.24) is 5.32 Å². The summed E-state index contributed by atoms with van der Waals surface area (Å²) >= 11 is 1.65. The average Bonchev–Trinajstić information content (AvgIpc) is 2.61. The Kier molecular flexibility index (Phi) is 7.18. The molecule has 0 unspecified atom stereocenters. The molecule has 0 saturated heterocycles. The number of hydrogen-bond donors (Lipinski definition) is 1. The Labute approximate surface area is 169 Å². The zero-order valence-corrected chi connectivity index (χ0v) is 18.5. The molecule has 150 valence electrons. The summed E-state index contributed by atoms with van der Waals surface area (Å²) in [4.78, 5) is 26.6. The number of nitrogens with one attached hydrogen (secondary N) is 1. The minimum Gasteiger partial charge on any atom is -0.353 e. The van der Waals surface area contributed by atoms with Gasteiger partial charge in [0, 0.05) is 22.9 Å². The quantitative estimate of drug-likeness (QED) is 0.499. The van der Waals surface area contributed by atoms with E-state index in [9.17, 15) is 9.59 Å². The molecule has 0 aromatic heterocycles. The van der Waals surface area contributed by atoms with Crippen molar-refractivity contribution in [3.05, 3.63) is 29.8 Å². The number of thioether (sulfide) groups is 1. The van der Waals surface area contributed by atoms with Crippen molar-refractivity contribution in [2.24, 2.45) is 16.7 Å². The van der Waals surface area contributed by atoms with Crippen LogP contribution in [0.4, 0.5) is 0 Å². The van der Waals surface area contributed by atoms with Crippen LogP contribution in [0.1, 0.15) is 77.1 Å². The van der Waals surface area contributed by atoms with Crippen LogP contribution in [-0.4, -0.2) is 24.0 Å². The first-order chi connectivity index (χ1) is 12.5. The van der Waals surface area contributed by atoms with Crippen molar-refractivity contribution >= 4 is 23.5 Å². The van der Waals surface area contributed by atoms with E-state index in [0.29, 0.717) is 11.0 Å². The van der Waals surface area contributed by atoms with Crippen LogP contribution < -0.4 is 5.32 Å². The maximum Gasteiger partial charge on any atom is 0.226 e. The highest BCUT2D eigenvalue weighted by atomic mass is 32.2. The van der Waals surface area contributed by atoms with Gasteiger partial charge in [-0.2, -0.15) is 0 Å². The van der Waals surface area contributed by atoms with E-state index in [1.165, 1.54) is 0 Å². The predicted octanol–water partition coefficient (Wildman–Crippen LogP) is 5.73. The van der Waals surface area contributed by atoms with Crippen LogP contribution in [-0.2, 0) is 4.79 Å². The minimum atomic E-state index is -0.698. The molecule has 4 heteroatoms. The average molecular weight is 390 g/mol. The summed E-state index contributed by atoms with van der Waals surface area (Å²) in [7, 11) is 0. The SMILES string of the molecule is CSc1ccc(C(=O)CC(C)(C)C(=O)NC2CCC(C(C)(C)C)CC2)cc1. The van der Waals surface area contributed by atoms with Crippen molar-refractivity contribution in [2.75, 3.05) is 6.26 Å². The summed E-state index contributed by atoms with van der Waals surface area (Å²) in [5.74, 6) is 0.750. The van der Waals surface area contributed by atoms with Gasteiger partial charge >= 0.3 is 0 Å². The maximum atomic E-state index is 12.8. The number of carbonyl (C=O) groups is 2. The predicted molar refractivity (Wildman–Crippen MR) is 114 cm³/mol. The van der Waals surface area contributed by atoms with Gasteiger partial charge in [0.25, 0.3) is 0 Å². The maximum absolute atomic E-state index is 12.8. The number of rotatable bonds is 6. The second kappa shape index (κ2) is 8.81. The number of ketones is 1. The van der Waals surface area contributed by atoms with Gasteiger partial charge in [-0.25, -0.2) is 0 Å². The van der Waals surface area contributed by atoms with Gasteiger partial charge in [0.1, 0.15) is 0 Å². The Morgan fingerprint density at radius 2 is 1.56 bits per heavy atom. The standard InChI is InChI=1S/C23H35NO2S/c1-22(2,3)17-9-11-18(12-10-17)24-21(26)23(4,5)15-20(25)16-7-13-19(27-6)14-8-16/h7-8,13-14,17-18H,9-12,15H2,1-6H3,(H,24,26). The lowest BCUT2D eigenvalue weighted by Crippen LogP contribution is -2.45. The first-order valence-electron chi connectivity index (χ1n) is 10.0. The molecule has 0 spiro atoms. The third-order valence-electron chi connectivity index (χ3n) is 5.92. The summed E-state index contributed by atoms with van der Waals surface area (Å²) in [5, 5.41) is 3.21. The number of benzene rings is 1. The molecule has 0 aliphatic heterocycles. The molecule has 2 rings (SSSR count). The zero-order chi connectivity index (χ0) is 20.2. The van der Waals surface area contributed by atoms with Gasteiger partial charge in [0.15, 0.2) is 5.78 Å². The molecule has 1 N–H and O–H groups in total. The van der Waals surface area contributed by atoms with E-state index in [2.05, 4.69) is 26.1 Å². The second-order valence-electron chi connectivity index (χ2n) is 9.60. The fraction of sp³-hybridized carbons (Fsp3) is 0.652. The third-order valence-corrected chi connectivity index (χ3v) is 6.66. The Balaban J connectivity index is 1.90. The van der Waals surface area contributed by atoms with Crippen molar-refractivity contribution in [2.45, 2.75) is 77.7 Å². The van der Waals surface area contributed by atoms with Crippen LogP contribution >= 0.6 is 11.8 Å². The lowest BCUT2D eigenvalue weighted by molar-refractivity contribution is -0.130. The number of Topliss-reactive ketones (excluding diaryl/α,β-unsaturated/α-hetero) is 1. The highest BCUT2D eigenvalue weighted by Gasteiger charge is 2.34. The molecule has 0 atom stereocenters. The lowest BCUT2D eigenvalue weighted by Gasteiger charge is -2.38. The summed E-state index contributed by atoms with van der Waals surface area (Å²) in [6, 6.07) is 7.87. The molecule has 0 heterocycles. The summed E-state index contributed by atoms with van der Waals surface area (Å²) in [6.07, 6.45) is 6.64. The normalized spacial score (nSPS) is 21.0. The van der Waals surface area contributed by atoms with Crippen LogP contribution in [0, 0.1) is 16.7 Å². The van der Waals surface area contributed by atoms with Gasteiger partial charge in [-0.15, -0.1) is 11.8 Å². The topological polar surface area (TPSA) is 46.2 Å². The van der Waals surface area contributed by atoms with Crippen LogP contribution in [0.2, 0.25) is 0 Å². The number of carbonyl (C=O) groups excluding carboxylic acids is 2. The molecule has 1 aliphatic rings. The Morgan fingerprint density at radius 1 is 1.00 bits per heavy atom. The third kappa shape index (κ3) is 6.10. The van der Waals surface area contributed by atoms with Crippen molar-refractivity contribution < 1.29 is 9.59 Å². The summed E-state index contributed by atoms with van der Waals surface area (Å²) in [5.41, 5.74) is 0.321. The fourth-order valence-electron chi connectivity index (χ4n) is 3.85. The van der Waals surface area contributed by atoms with E-state index in [0.717, 1.165) is 36.5 Å². The van der Waals surface area contributed by atoms with Gasteiger partial charge < -0.3 is 5.32 Å². The highest BCUT2D eigenvalue weighted by Crippen LogP contribution is 2.38. The molecule has 0 radical (unpaired) electrons. The zero-order valence-electron chi connectivity index (χ0n) is 17.7. The smallest absolute Gasteiger partial charge is 0.226 e. The minimum absolute atomic E-state index is 0.00390. The van der Waals surface area contributed by atoms with Crippen molar-refractivity contribution in [3.63, 3.8) is 0 Å². The molecule has 0 bridgehead atoms. The molecule has 1 aromatic rings. The van der Waals surface area contributed by atoms with Gasteiger partial charge in [0.2, 0.25) is 5.91 Å². The Hall–Kier alpha value is -1.29. The fourth-order valence-corrected chi connectivity index (χ4v) is 4.25. The van der Waals surface area contributed by atoms with Gasteiger partial charge in [-0.3, -0.25) is 9.59 Å². The molecule has 1 amide bonds. The molecule has 1 aliphatic carbocycles. The van der Waals surface area contributed by atoms with Gasteiger partial charge in [-0.1, -0.05) is 46.8 Å².